The first kappa shape index (κ1) is 9.65. The van der Waals surface area contributed by atoms with E-state index in [2.05, 4.69) is 5.32 Å². The second-order valence-electron chi connectivity index (χ2n) is 2.40. The molecule has 0 saturated heterocycles. The van der Waals surface area contributed by atoms with Crippen molar-refractivity contribution >= 4 is 23.2 Å². The second kappa shape index (κ2) is 3.99. The molecule has 4 heteroatoms. The normalized spacial score (nSPS) is 10.2. The van der Waals surface area contributed by atoms with Crippen LogP contribution in [0.5, 0.6) is 5.75 Å². The van der Waals surface area contributed by atoms with Gasteiger partial charge in [-0.05, 0) is 18.7 Å². The van der Waals surface area contributed by atoms with Crippen molar-refractivity contribution < 1.29 is 5.11 Å². The molecule has 0 aliphatic rings. The molecule has 0 aliphatic carbocycles. The van der Waals surface area contributed by atoms with Gasteiger partial charge in [-0.15, -0.1) is 0 Å². The maximum absolute atomic E-state index is 9.16. The van der Waals surface area contributed by atoms with Crippen LogP contribution in [0, 0.1) is 0 Å². The van der Waals surface area contributed by atoms with E-state index in [1.165, 1.54) is 6.07 Å². The third-order valence-electron chi connectivity index (χ3n) is 1.51. The third-order valence-corrected chi connectivity index (χ3v) is 2.42. The van der Waals surface area contributed by atoms with Crippen molar-refractivity contribution in [3.63, 3.8) is 0 Å². The SMILES string of the molecule is CNCc1ccc(O)c(Cl)c1Cl. The summed E-state index contributed by atoms with van der Waals surface area (Å²) >= 11 is 11.6. The number of aromatic hydroxyl groups is 1. The van der Waals surface area contributed by atoms with Gasteiger partial charge < -0.3 is 10.4 Å². The molecule has 0 unspecified atom stereocenters. The van der Waals surface area contributed by atoms with Crippen LogP contribution in [0.15, 0.2) is 12.1 Å². The van der Waals surface area contributed by atoms with Gasteiger partial charge >= 0.3 is 0 Å². The van der Waals surface area contributed by atoms with E-state index >= 15 is 0 Å². The lowest BCUT2D eigenvalue weighted by Gasteiger charge is -2.05. The number of phenols is 1. The van der Waals surface area contributed by atoms with Crippen LogP contribution in [-0.2, 0) is 6.54 Å². The maximum Gasteiger partial charge on any atom is 0.135 e. The third kappa shape index (κ3) is 1.83. The Kier molecular flexibility index (Phi) is 3.20. The van der Waals surface area contributed by atoms with Crippen molar-refractivity contribution in [2.45, 2.75) is 6.54 Å². The van der Waals surface area contributed by atoms with Crippen molar-refractivity contribution in [3.8, 4) is 5.75 Å². The first-order valence-electron chi connectivity index (χ1n) is 3.47. The smallest absolute Gasteiger partial charge is 0.135 e. The molecule has 0 heterocycles. The summed E-state index contributed by atoms with van der Waals surface area (Å²) in [6.07, 6.45) is 0. The fourth-order valence-electron chi connectivity index (χ4n) is 0.906. The molecular weight excluding hydrogens is 197 g/mol. The Morgan fingerprint density at radius 1 is 1.33 bits per heavy atom. The first-order valence-corrected chi connectivity index (χ1v) is 4.23. The molecule has 0 saturated carbocycles. The van der Waals surface area contributed by atoms with Crippen LogP contribution in [0.1, 0.15) is 5.56 Å². The van der Waals surface area contributed by atoms with E-state index in [4.69, 9.17) is 28.3 Å². The predicted octanol–water partition coefficient (Wildman–Crippen LogP) is 2.42. The van der Waals surface area contributed by atoms with Crippen LogP contribution in [-0.4, -0.2) is 12.2 Å². The van der Waals surface area contributed by atoms with Crippen LogP contribution in [0.25, 0.3) is 0 Å². The number of rotatable bonds is 2. The van der Waals surface area contributed by atoms with Crippen LogP contribution < -0.4 is 5.32 Å². The van der Waals surface area contributed by atoms with E-state index in [0.717, 1.165) is 5.56 Å². The zero-order valence-electron chi connectivity index (χ0n) is 6.56. The Hall–Kier alpha value is -0.440. The van der Waals surface area contributed by atoms with Gasteiger partial charge in [0, 0.05) is 6.54 Å². The lowest BCUT2D eigenvalue weighted by Crippen LogP contribution is -2.05. The van der Waals surface area contributed by atoms with Gasteiger partial charge in [0.05, 0.1) is 5.02 Å². The highest BCUT2D eigenvalue weighted by Crippen LogP contribution is 2.33. The summed E-state index contributed by atoms with van der Waals surface area (Å²) in [6, 6.07) is 3.26. The largest absolute Gasteiger partial charge is 0.506 e. The Balaban J connectivity index is 3.08. The van der Waals surface area contributed by atoms with Gasteiger partial charge in [-0.1, -0.05) is 29.3 Å². The molecule has 1 aromatic carbocycles. The molecule has 0 bridgehead atoms. The predicted molar refractivity (Wildman–Crippen MR) is 50.9 cm³/mol. The summed E-state index contributed by atoms with van der Waals surface area (Å²) in [5.74, 6) is 0.0153. The number of nitrogens with one attached hydrogen (secondary N) is 1. The summed E-state index contributed by atoms with van der Waals surface area (Å²) in [5, 5.41) is 12.7. The molecule has 0 fully saturated rings. The van der Waals surface area contributed by atoms with Crippen LogP contribution in [0.3, 0.4) is 0 Å². The fraction of sp³-hybridized carbons (Fsp3) is 0.250. The lowest BCUT2D eigenvalue weighted by molar-refractivity contribution is 0.475. The number of benzene rings is 1. The summed E-state index contributed by atoms with van der Waals surface area (Å²) < 4.78 is 0. The molecular formula is C8H9Cl2NO. The van der Waals surface area contributed by atoms with Crippen LogP contribution >= 0.6 is 23.2 Å². The standard InChI is InChI=1S/C8H9Cl2NO/c1-11-4-5-2-3-6(12)8(10)7(5)9/h2-3,11-12H,4H2,1H3. The Morgan fingerprint density at radius 2 is 2.00 bits per heavy atom. The average molecular weight is 206 g/mol. The quantitative estimate of drug-likeness (QED) is 0.778. The molecule has 1 aromatic rings. The maximum atomic E-state index is 9.16. The molecule has 2 nitrogen and oxygen atoms in total. The molecule has 0 spiro atoms. The van der Waals surface area contributed by atoms with E-state index in [1.54, 1.807) is 6.07 Å². The van der Waals surface area contributed by atoms with Crippen molar-refractivity contribution in [2.75, 3.05) is 7.05 Å². The Labute approximate surface area is 81.1 Å². The van der Waals surface area contributed by atoms with Crippen molar-refractivity contribution in [2.24, 2.45) is 0 Å². The molecule has 0 atom stereocenters. The summed E-state index contributed by atoms with van der Waals surface area (Å²) in [4.78, 5) is 0. The van der Waals surface area contributed by atoms with E-state index in [-0.39, 0.29) is 10.8 Å². The Morgan fingerprint density at radius 3 is 2.58 bits per heavy atom. The number of hydrogen-bond donors (Lipinski definition) is 2. The number of hydrogen-bond acceptors (Lipinski definition) is 2. The highest BCUT2D eigenvalue weighted by Gasteiger charge is 2.07. The lowest BCUT2D eigenvalue weighted by atomic mass is 10.2. The average Bonchev–Trinajstić information content (AvgIpc) is 2.07. The van der Waals surface area contributed by atoms with Crippen molar-refractivity contribution in [3.05, 3.63) is 27.7 Å². The van der Waals surface area contributed by atoms with Gasteiger partial charge in [0.1, 0.15) is 10.8 Å². The van der Waals surface area contributed by atoms with E-state index in [9.17, 15) is 0 Å². The zero-order valence-corrected chi connectivity index (χ0v) is 8.08. The highest BCUT2D eigenvalue weighted by atomic mass is 35.5. The molecule has 0 amide bonds. The van der Waals surface area contributed by atoms with E-state index in [1.807, 2.05) is 7.05 Å². The van der Waals surface area contributed by atoms with Gasteiger partial charge in [0.25, 0.3) is 0 Å². The van der Waals surface area contributed by atoms with Crippen molar-refractivity contribution in [1.29, 1.82) is 0 Å². The van der Waals surface area contributed by atoms with Gasteiger partial charge in [-0.25, -0.2) is 0 Å². The van der Waals surface area contributed by atoms with Crippen LogP contribution in [0.4, 0.5) is 0 Å². The van der Waals surface area contributed by atoms with E-state index < -0.39 is 0 Å². The minimum atomic E-state index is 0.0153. The van der Waals surface area contributed by atoms with Gasteiger partial charge in [-0.2, -0.15) is 0 Å². The first-order chi connectivity index (χ1) is 5.66. The molecule has 0 radical (unpaired) electrons. The fourth-order valence-corrected chi connectivity index (χ4v) is 1.32. The minimum Gasteiger partial charge on any atom is -0.506 e. The molecule has 0 aromatic heterocycles. The zero-order chi connectivity index (χ0) is 9.14. The molecule has 66 valence electrons. The summed E-state index contributed by atoms with van der Waals surface area (Å²) in [7, 11) is 1.82. The topological polar surface area (TPSA) is 32.3 Å². The van der Waals surface area contributed by atoms with Crippen LogP contribution in [0.2, 0.25) is 10.0 Å². The second-order valence-corrected chi connectivity index (χ2v) is 3.16. The molecule has 2 N–H and O–H groups in total. The molecule has 0 aliphatic heterocycles. The molecule has 12 heavy (non-hydrogen) atoms. The van der Waals surface area contributed by atoms with Gasteiger partial charge in [0.15, 0.2) is 0 Å². The molecule has 1 rings (SSSR count). The number of phenolic OH excluding ortho intramolecular Hbond substituents is 1. The van der Waals surface area contributed by atoms with Gasteiger partial charge in [-0.3, -0.25) is 0 Å². The summed E-state index contributed by atoms with van der Waals surface area (Å²) in [6.45, 7) is 0.638. The Bertz CT molecular complexity index is 289. The van der Waals surface area contributed by atoms with Crippen molar-refractivity contribution in [1.82, 2.24) is 5.32 Å². The van der Waals surface area contributed by atoms with E-state index in [0.29, 0.717) is 11.6 Å². The highest BCUT2D eigenvalue weighted by molar-refractivity contribution is 6.43. The summed E-state index contributed by atoms with van der Waals surface area (Å²) in [5.41, 5.74) is 0.877. The van der Waals surface area contributed by atoms with Gasteiger partial charge in [0.2, 0.25) is 0 Å². The number of halogens is 2. The minimum absolute atomic E-state index is 0.0153. The monoisotopic (exact) mass is 205 g/mol.